The number of ether oxygens (including phenoxy) is 1. The number of carboxylic acids is 1. The molecule has 110 valence electrons. The van der Waals surface area contributed by atoms with E-state index in [2.05, 4.69) is 20.8 Å². The van der Waals surface area contributed by atoms with Gasteiger partial charge in [0.15, 0.2) is 0 Å². The van der Waals surface area contributed by atoms with Crippen molar-refractivity contribution in [2.24, 2.45) is 0 Å². The number of aromatic carboxylic acids is 1. The standard InChI is InChI=1S/C18H20O3/c1-12-15(17(19)20)6-5-7-16(12)21-14-10-8-13(9-11-14)18(2,3)4/h5-11H,1-4H3,(H,19,20). The van der Waals surface area contributed by atoms with Gasteiger partial charge in [0.1, 0.15) is 11.5 Å². The van der Waals surface area contributed by atoms with Gasteiger partial charge in [0.25, 0.3) is 0 Å². The SMILES string of the molecule is Cc1c(Oc2ccc(C(C)(C)C)cc2)cccc1C(=O)O. The smallest absolute Gasteiger partial charge is 0.336 e. The highest BCUT2D eigenvalue weighted by atomic mass is 16.5. The van der Waals surface area contributed by atoms with Gasteiger partial charge >= 0.3 is 5.97 Å². The summed E-state index contributed by atoms with van der Waals surface area (Å²) in [5, 5.41) is 9.13. The summed E-state index contributed by atoms with van der Waals surface area (Å²) >= 11 is 0. The average molecular weight is 284 g/mol. The van der Waals surface area contributed by atoms with Gasteiger partial charge in [-0.25, -0.2) is 4.79 Å². The Morgan fingerprint density at radius 1 is 1.05 bits per heavy atom. The molecule has 0 bridgehead atoms. The zero-order valence-corrected chi connectivity index (χ0v) is 12.8. The summed E-state index contributed by atoms with van der Waals surface area (Å²) in [7, 11) is 0. The summed E-state index contributed by atoms with van der Waals surface area (Å²) in [5.74, 6) is 0.327. The highest BCUT2D eigenvalue weighted by Crippen LogP contribution is 2.29. The van der Waals surface area contributed by atoms with Crippen LogP contribution in [-0.4, -0.2) is 11.1 Å². The molecule has 3 heteroatoms. The highest BCUT2D eigenvalue weighted by Gasteiger charge is 2.14. The van der Waals surface area contributed by atoms with Crippen LogP contribution in [0.5, 0.6) is 11.5 Å². The topological polar surface area (TPSA) is 46.5 Å². The van der Waals surface area contributed by atoms with Crippen molar-refractivity contribution in [2.75, 3.05) is 0 Å². The lowest BCUT2D eigenvalue weighted by Crippen LogP contribution is -2.10. The third kappa shape index (κ3) is 3.43. The van der Waals surface area contributed by atoms with Gasteiger partial charge < -0.3 is 9.84 Å². The predicted molar refractivity (Wildman–Crippen MR) is 83.4 cm³/mol. The molecule has 0 saturated heterocycles. The van der Waals surface area contributed by atoms with Gasteiger partial charge in [0.05, 0.1) is 5.56 Å². The van der Waals surface area contributed by atoms with Gasteiger partial charge in [0, 0.05) is 5.56 Å². The van der Waals surface area contributed by atoms with Crippen LogP contribution in [0.4, 0.5) is 0 Å². The maximum atomic E-state index is 11.1. The van der Waals surface area contributed by atoms with E-state index in [1.807, 2.05) is 24.3 Å². The molecule has 2 rings (SSSR count). The number of benzene rings is 2. The van der Waals surface area contributed by atoms with Crippen molar-refractivity contribution < 1.29 is 14.6 Å². The lowest BCUT2D eigenvalue weighted by molar-refractivity contribution is 0.0695. The molecule has 0 aromatic heterocycles. The van der Waals surface area contributed by atoms with Crippen molar-refractivity contribution >= 4 is 5.97 Å². The number of carbonyl (C=O) groups is 1. The van der Waals surface area contributed by atoms with E-state index in [0.717, 1.165) is 0 Å². The maximum Gasteiger partial charge on any atom is 0.336 e. The van der Waals surface area contributed by atoms with Crippen LogP contribution >= 0.6 is 0 Å². The second-order valence-electron chi connectivity index (χ2n) is 6.11. The van der Waals surface area contributed by atoms with E-state index >= 15 is 0 Å². The van der Waals surface area contributed by atoms with Crippen LogP contribution in [0.3, 0.4) is 0 Å². The lowest BCUT2D eigenvalue weighted by Gasteiger charge is -2.19. The Kier molecular flexibility index (Phi) is 4.03. The second kappa shape index (κ2) is 5.60. The summed E-state index contributed by atoms with van der Waals surface area (Å²) < 4.78 is 5.80. The Balaban J connectivity index is 2.27. The molecule has 0 heterocycles. The molecule has 2 aromatic rings. The molecule has 0 aliphatic rings. The largest absolute Gasteiger partial charge is 0.478 e. The number of hydrogen-bond donors (Lipinski definition) is 1. The Hall–Kier alpha value is -2.29. The maximum absolute atomic E-state index is 11.1. The van der Waals surface area contributed by atoms with Crippen molar-refractivity contribution in [2.45, 2.75) is 33.1 Å². The van der Waals surface area contributed by atoms with E-state index in [4.69, 9.17) is 9.84 Å². The molecule has 21 heavy (non-hydrogen) atoms. The van der Waals surface area contributed by atoms with E-state index in [-0.39, 0.29) is 11.0 Å². The molecule has 0 aliphatic heterocycles. The highest BCUT2D eigenvalue weighted by molar-refractivity contribution is 5.90. The first-order chi connectivity index (χ1) is 9.79. The summed E-state index contributed by atoms with van der Waals surface area (Å²) in [5.41, 5.74) is 2.21. The zero-order chi connectivity index (χ0) is 15.6. The number of rotatable bonds is 3. The van der Waals surface area contributed by atoms with Gasteiger partial charge in [-0.15, -0.1) is 0 Å². The molecule has 2 aromatic carbocycles. The second-order valence-corrected chi connectivity index (χ2v) is 6.11. The van der Waals surface area contributed by atoms with Gasteiger partial charge in [-0.1, -0.05) is 39.0 Å². The van der Waals surface area contributed by atoms with Gasteiger partial charge in [-0.2, -0.15) is 0 Å². The van der Waals surface area contributed by atoms with Crippen LogP contribution in [0, 0.1) is 6.92 Å². The Bertz CT molecular complexity index is 649. The molecule has 0 atom stereocenters. The van der Waals surface area contributed by atoms with E-state index in [0.29, 0.717) is 17.1 Å². The predicted octanol–water partition coefficient (Wildman–Crippen LogP) is 4.78. The third-order valence-electron chi connectivity index (χ3n) is 3.46. The van der Waals surface area contributed by atoms with Crippen LogP contribution in [0.25, 0.3) is 0 Å². The first-order valence-corrected chi connectivity index (χ1v) is 6.90. The number of carboxylic acid groups (broad SMARTS) is 1. The quantitative estimate of drug-likeness (QED) is 0.882. The summed E-state index contributed by atoms with van der Waals surface area (Å²) in [6.07, 6.45) is 0. The molecule has 0 amide bonds. The minimum absolute atomic E-state index is 0.0949. The molecule has 3 nitrogen and oxygen atoms in total. The van der Waals surface area contributed by atoms with Gasteiger partial charge in [-0.3, -0.25) is 0 Å². The molecular formula is C18H20O3. The van der Waals surface area contributed by atoms with Crippen molar-refractivity contribution in [3.63, 3.8) is 0 Å². The monoisotopic (exact) mass is 284 g/mol. The Morgan fingerprint density at radius 3 is 2.19 bits per heavy atom. The van der Waals surface area contributed by atoms with Crippen molar-refractivity contribution in [1.82, 2.24) is 0 Å². The van der Waals surface area contributed by atoms with Crippen molar-refractivity contribution in [3.8, 4) is 11.5 Å². The minimum Gasteiger partial charge on any atom is -0.478 e. The average Bonchev–Trinajstić information content (AvgIpc) is 2.40. The lowest BCUT2D eigenvalue weighted by atomic mass is 9.87. The van der Waals surface area contributed by atoms with Crippen LogP contribution in [-0.2, 0) is 5.41 Å². The summed E-state index contributed by atoms with van der Waals surface area (Å²) in [4.78, 5) is 11.1. The fourth-order valence-electron chi connectivity index (χ4n) is 2.11. The normalized spacial score (nSPS) is 11.2. The van der Waals surface area contributed by atoms with E-state index in [1.165, 1.54) is 5.56 Å². The first-order valence-electron chi connectivity index (χ1n) is 6.90. The Labute approximate surface area is 125 Å². The van der Waals surface area contributed by atoms with Crippen LogP contribution < -0.4 is 4.74 Å². The molecule has 1 N–H and O–H groups in total. The van der Waals surface area contributed by atoms with E-state index < -0.39 is 5.97 Å². The molecule has 0 spiro atoms. The van der Waals surface area contributed by atoms with E-state index in [9.17, 15) is 4.79 Å². The summed E-state index contributed by atoms with van der Waals surface area (Å²) in [6, 6.07) is 12.9. The van der Waals surface area contributed by atoms with E-state index in [1.54, 1.807) is 25.1 Å². The van der Waals surface area contributed by atoms with Crippen molar-refractivity contribution in [3.05, 3.63) is 59.2 Å². The summed E-state index contributed by atoms with van der Waals surface area (Å²) in [6.45, 7) is 8.22. The van der Waals surface area contributed by atoms with Crippen LogP contribution in [0.1, 0.15) is 42.3 Å². The fraction of sp³-hybridized carbons (Fsp3) is 0.278. The Morgan fingerprint density at radius 2 is 1.67 bits per heavy atom. The minimum atomic E-state index is -0.943. The number of hydrogen-bond acceptors (Lipinski definition) is 2. The molecule has 0 saturated carbocycles. The zero-order valence-electron chi connectivity index (χ0n) is 12.8. The molecule has 0 fully saturated rings. The van der Waals surface area contributed by atoms with Crippen LogP contribution in [0.15, 0.2) is 42.5 Å². The fourth-order valence-corrected chi connectivity index (χ4v) is 2.11. The molecule has 0 unspecified atom stereocenters. The molecular weight excluding hydrogens is 264 g/mol. The van der Waals surface area contributed by atoms with Gasteiger partial charge in [0.2, 0.25) is 0 Å². The molecule has 0 radical (unpaired) electrons. The van der Waals surface area contributed by atoms with Crippen molar-refractivity contribution in [1.29, 1.82) is 0 Å². The van der Waals surface area contributed by atoms with Gasteiger partial charge in [-0.05, 0) is 42.2 Å². The van der Waals surface area contributed by atoms with Crippen LogP contribution in [0.2, 0.25) is 0 Å². The molecule has 0 aliphatic carbocycles. The first kappa shape index (κ1) is 15.1. The third-order valence-corrected chi connectivity index (χ3v) is 3.46.